The summed E-state index contributed by atoms with van der Waals surface area (Å²) in [5, 5.41) is 20.1. The molecule has 1 heterocycles. The van der Waals surface area contributed by atoms with Gasteiger partial charge in [-0.05, 0) is 71.1 Å². The molecule has 3 aromatic carbocycles. The predicted octanol–water partition coefficient (Wildman–Crippen LogP) is 0.728. The molecule has 0 N–H and O–H groups in total. The van der Waals surface area contributed by atoms with Crippen LogP contribution >= 0.6 is 22.6 Å². The second kappa shape index (κ2) is 8.44. The summed E-state index contributed by atoms with van der Waals surface area (Å²) in [5.41, 5.74) is 2.47. The third-order valence-electron chi connectivity index (χ3n) is 3.96. The summed E-state index contributed by atoms with van der Waals surface area (Å²) in [4.78, 5) is 11.9. The number of aromatic nitrogens is 4. The lowest BCUT2D eigenvalue weighted by atomic mass is 10.2. The Bertz CT molecular complexity index is 1100. The number of para-hydroxylation sites is 1. The number of non-ortho nitro benzene ring substituents is 1. The third-order valence-corrected chi connectivity index (χ3v) is 4.68. The molecule has 0 spiro atoms. The van der Waals surface area contributed by atoms with Gasteiger partial charge in [0.1, 0.15) is 5.69 Å². The maximum Gasteiger partial charge on any atom is 0.335 e. The summed E-state index contributed by atoms with van der Waals surface area (Å²) in [5.74, 6) is 0.677. The van der Waals surface area contributed by atoms with Crippen LogP contribution in [0.5, 0.6) is 0 Å². The van der Waals surface area contributed by atoms with Crippen molar-refractivity contribution in [2.24, 2.45) is 0 Å². The first-order valence-electron chi connectivity index (χ1n) is 8.08. The highest BCUT2D eigenvalue weighted by Gasteiger charge is 2.24. The molecule has 0 atom stereocenters. The van der Waals surface area contributed by atoms with E-state index in [-0.39, 0.29) is 18.1 Å². The van der Waals surface area contributed by atoms with Crippen LogP contribution in [0.15, 0.2) is 78.9 Å². The minimum atomic E-state index is -0.429. The first-order valence-corrected chi connectivity index (χ1v) is 9.15. The van der Waals surface area contributed by atoms with Crippen LogP contribution in [0.1, 0.15) is 0 Å². The molecule has 0 radical (unpaired) electrons. The van der Waals surface area contributed by atoms with Crippen LogP contribution in [0.4, 0.5) is 5.69 Å². The molecular formula is C19H13ClIN5O2. The summed E-state index contributed by atoms with van der Waals surface area (Å²) in [6, 6.07) is 23.9. The molecule has 0 fully saturated rings. The molecule has 0 amide bonds. The van der Waals surface area contributed by atoms with Gasteiger partial charge < -0.3 is 12.4 Å². The number of hydrogen-bond donors (Lipinski definition) is 0. The number of rotatable bonds is 4. The van der Waals surface area contributed by atoms with E-state index in [2.05, 4.69) is 32.9 Å². The van der Waals surface area contributed by atoms with Crippen LogP contribution in [0, 0.1) is 13.7 Å². The van der Waals surface area contributed by atoms with Gasteiger partial charge in [-0.25, -0.2) is 0 Å². The quantitative estimate of drug-likeness (QED) is 0.177. The van der Waals surface area contributed by atoms with Gasteiger partial charge in [-0.3, -0.25) is 10.1 Å². The van der Waals surface area contributed by atoms with Gasteiger partial charge in [-0.15, -0.1) is 0 Å². The lowest BCUT2D eigenvalue weighted by Gasteiger charge is -1.97. The predicted molar refractivity (Wildman–Crippen MR) is 108 cm³/mol. The Morgan fingerprint density at radius 2 is 1.57 bits per heavy atom. The summed E-state index contributed by atoms with van der Waals surface area (Å²) >= 11 is 2.26. The smallest absolute Gasteiger partial charge is 0.335 e. The zero-order valence-electron chi connectivity index (χ0n) is 14.3. The second-order valence-corrected chi connectivity index (χ2v) is 6.98. The second-order valence-electron chi connectivity index (χ2n) is 5.73. The van der Waals surface area contributed by atoms with Crippen molar-refractivity contribution < 1.29 is 22.0 Å². The Labute approximate surface area is 180 Å². The molecule has 0 aliphatic heterocycles. The Morgan fingerprint density at radius 1 is 0.929 bits per heavy atom. The van der Waals surface area contributed by atoms with Gasteiger partial charge >= 0.3 is 5.82 Å². The third kappa shape index (κ3) is 4.02. The highest BCUT2D eigenvalue weighted by Crippen LogP contribution is 2.18. The minimum absolute atomic E-state index is 0. The van der Waals surface area contributed by atoms with Gasteiger partial charge in [-0.1, -0.05) is 22.9 Å². The van der Waals surface area contributed by atoms with Gasteiger partial charge in [0.05, 0.1) is 20.8 Å². The van der Waals surface area contributed by atoms with Crippen LogP contribution in [-0.2, 0) is 0 Å². The van der Waals surface area contributed by atoms with E-state index in [1.807, 2.05) is 54.6 Å². The van der Waals surface area contributed by atoms with Gasteiger partial charge in [0.2, 0.25) is 0 Å². The number of benzene rings is 3. The average Bonchev–Trinajstić information content (AvgIpc) is 3.15. The highest BCUT2D eigenvalue weighted by molar-refractivity contribution is 14.1. The van der Waals surface area contributed by atoms with E-state index >= 15 is 0 Å². The molecule has 0 aliphatic carbocycles. The maximum absolute atomic E-state index is 10.9. The van der Waals surface area contributed by atoms with Crippen molar-refractivity contribution in [2.45, 2.75) is 0 Å². The normalized spacial score (nSPS) is 10.3. The van der Waals surface area contributed by atoms with E-state index in [1.54, 1.807) is 16.8 Å². The molecule has 0 saturated heterocycles. The Kier molecular flexibility index (Phi) is 6.00. The largest absolute Gasteiger partial charge is 1.00 e. The zero-order valence-corrected chi connectivity index (χ0v) is 17.2. The molecule has 0 saturated carbocycles. The van der Waals surface area contributed by atoms with E-state index in [0.29, 0.717) is 11.5 Å². The summed E-state index contributed by atoms with van der Waals surface area (Å²) in [6.07, 6.45) is 0. The number of nitro benzene ring substituents is 1. The first kappa shape index (κ1) is 19.9. The molecule has 7 nitrogen and oxygen atoms in total. The molecule has 0 bridgehead atoms. The van der Waals surface area contributed by atoms with Crippen molar-refractivity contribution >= 4 is 28.3 Å². The Balaban J connectivity index is 0.00000225. The van der Waals surface area contributed by atoms with Crippen LogP contribution in [-0.4, -0.2) is 20.0 Å². The molecule has 0 aliphatic rings. The summed E-state index contributed by atoms with van der Waals surface area (Å²) in [7, 11) is 0. The number of hydrogen-bond acceptors (Lipinski definition) is 4. The average molecular weight is 506 g/mol. The van der Waals surface area contributed by atoms with Crippen LogP contribution in [0.3, 0.4) is 0 Å². The minimum Gasteiger partial charge on any atom is -1.00 e. The number of nitrogens with zero attached hydrogens (tertiary/aromatic N) is 5. The molecule has 4 rings (SSSR count). The van der Waals surface area contributed by atoms with Gasteiger partial charge in [0.25, 0.3) is 5.69 Å². The van der Waals surface area contributed by atoms with Crippen molar-refractivity contribution in [3.05, 3.63) is 92.5 Å². The lowest BCUT2D eigenvalue weighted by molar-refractivity contribution is -0.651. The van der Waals surface area contributed by atoms with E-state index in [0.717, 1.165) is 14.8 Å². The monoisotopic (exact) mass is 505 g/mol. The Morgan fingerprint density at radius 3 is 2.18 bits per heavy atom. The van der Waals surface area contributed by atoms with Crippen LogP contribution in [0.2, 0.25) is 0 Å². The molecule has 28 heavy (non-hydrogen) atoms. The number of halogens is 2. The number of tetrazole rings is 1. The van der Waals surface area contributed by atoms with Gasteiger partial charge in [0.15, 0.2) is 5.69 Å². The lowest BCUT2D eigenvalue weighted by Crippen LogP contribution is -3.00. The van der Waals surface area contributed by atoms with E-state index < -0.39 is 4.92 Å². The summed E-state index contributed by atoms with van der Waals surface area (Å²) in [6.45, 7) is 0. The van der Waals surface area contributed by atoms with Crippen molar-refractivity contribution in [1.82, 2.24) is 15.1 Å². The summed E-state index contributed by atoms with van der Waals surface area (Å²) < 4.78 is 2.88. The first-order chi connectivity index (χ1) is 13.1. The maximum atomic E-state index is 10.9. The fourth-order valence-electron chi connectivity index (χ4n) is 2.62. The fourth-order valence-corrected chi connectivity index (χ4v) is 2.98. The van der Waals surface area contributed by atoms with Crippen molar-refractivity contribution in [1.29, 1.82) is 0 Å². The molecule has 140 valence electrons. The molecule has 9 heteroatoms. The molecule has 0 unspecified atom stereocenters. The SMILES string of the molecule is O=[N+]([O-])c1ccc(-n2nc(-c3ccc(I)cc3)[n+](-c3ccccc3)n2)cc1.[Cl-]. The van der Waals surface area contributed by atoms with Crippen molar-refractivity contribution in [2.75, 3.05) is 0 Å². The van der Waals surface area contributed by atoms with Crippen LogP contribution < -0.4 is 17.1 Å². The topological polar surface area (TPSA) is 77.7 Å². The van der Waals surface area contributed by atoms with Gasteiger partial charge in [-0.2, -0.15) is 0 Å². The molecule has 1 aromatic heterocycles. The molecular weight excluding hydrogens is 493 g/mol. The van der Waals surface area contributed by atoms with Crippen LogP contribution in [0.25, 0.3) is 22.8 Å². The Hall–Kier alpha value is -2.85. The van der Waals surface area contributed by atoms with E-state index in [4.69, 9.17) is 0 Å². The standard InChI is InChI=1S/C19H13IN5O2.ClH/c20-15-8-6-14(7-9-15)19-21-24(17-10-12-18(13-11-17)25(26)27)22-23(19)16-4-2-1-3-5-16;/h1-13H;1H/q+1;/p-1. The van der Waals surface area contributed by atoms with E-state index in [1.165, 1.54) is 16.9 Å². The number of nitro groups is 1. The van der Waals surface area contributed by atoms with Crippen molar-refractivity contribution in [3.8, 4) is 22.8 Å². The van der Waals surface area contributed by atoms with Crippen molar-refractivity contribution in [3.63, 3.8) is 0 Å². The fraction of sp³-hybridized carbons (Fsp3) is 0. The van der Waals surface area contributed by atoms with E-state index in [9.17, 15) is 10.1 Å². The highest BCUT2D eigenvalue weighted by atomic mass is 127. The molecule has 4 aromatic rings. The zero-order chi connectivity index (χ0) is 18.8. The van der Waals surface area contributed by atoms with Gasteiger partial charge in [0, 0.05) is 20.5 Å².